The molecule has 0 radical (unpaired) electrons. The maximum atomic E-state index is 4.20. The minimum absolute atomic E-state index is 1.07. The Bertz CT molecular complexity index is 371. The Morgan fingerprint density at radius 1 is 1.00 bits per heavy atom. The first-order valence-corrected chi connectivity index (χ1v) is 4.30. The molecular formula is C9H7NS. The number of aromatic nitrogens is 1. The number of fused-ring (bicyclic) bond motifs is 1. The second-order valence-electron chi connectivity index (χ2n) is 2.20. The van der Waals surface area contributed by atoms with E-state index in [2.05, 4.69) is 11.1 Å². The molecule has 0 saturated heterocycles. The Morgan fingerprint density at radius 3 is 2.73 bits per heavy atom. The number of thiazole rings is 1. The van der Waals surface area contributed by atoms with Gasteiger partial charge in [-0.2, -0.15) is 0 Å². The van der Waals surface area contributed by atoms with Gasteiger partial charge in [-0.25, -0.2) is 4.98 Å². The highest BCUT2D eigenvalue weighted by Crippen LogP contribution is 1.85. The molecule has 1 nitrogen and oxygen atoms in total. The predicted molar refractivity (Wildman–Crippen MR) is 48.6 cm³/mol. The van der Waals surface area contributed by atoms with Crippen molar-refractivity contribution in [2.45, 2.75) is 0 Å². The molecule has 0 aliphatic heterocycles. The third kappa shape index (κ3) is 1.30. The smallest absolute Gasteiger partial charge is 0.0812 e. The summed E-state index contributed by atoms with van der Waals surface area (Å²) < 4.78 is 1.23. The molecule has 0 N–H and O–H groups in total. The zero-order valence-corrected chi connectivity index (χ0v) is 6.71. The van der Waals surface area contributed by atoms with Crippen LogP contribution in [0.25, 0.3) is 12.2 Å². The summed E-state index contributed by atoms with van der Waals surface area (Å²) in [6.07, 6.45) is 12.1. The van der Waals surface area contributed by atoms with E-state index in [4.69, 9.17) is 0 Å². The van der Waals surface area contributed by atoms with E-state index in [9.17, 15) is 0 Å². The minimum Gasteiger partial charge on any atom is -0.245 e. The van der Waals surface area contributed by atoms with Crippen LogP contribution in [0, 0.1) is 0 Å². The van der Waals surface area contributed by atoms with Crippen molar-refractivity contribution >= 4 is 23.5 Å². The number of hydrogen-bond donors (Lipinski definition) is 0. The first kappa shape index (κ1) is 6.55. The molecule has 1 aromatic heterocycles. The lowest BCUT2D eigenvalue weighted by molar-refractivity contribution is 1.32. The van der Waals surface area contributed by atoms with Gasteiger partial charge in [-0.05, 0) is 12.2 Å². The molecule has 0 fully saturated rings. The van der Waals surface area contributed by atoms with Crippen molar-refractivity contribution in [1.82, 2.24) is 4.98 Å². The SMILES string of the molecule is C1=C\C=c2\ncs\c2=C/C=C/1. The summed E-state index contributed by atoms with van der Waals surface area (Å²) in [6.45, 7) is 0. The molecule has 0 saturated carbocycles. The Labute approximate surface area is 68.7 Å². The zero-order chi connectivity index (χ0) is 7.52. The highest BCUT2D eigenvalue weighted by molar-refractivity contribution is 7.07. The molecule has 0 amide bonds. The summed E-state index contributed by atoms with van der Waals surface area (Å²) in [5, 5.41) is 1.07. The topological polar surface area (TPSA) is 12.9 Å². The lowest BCUT2D eigenvalue weighted by atomic mass is 10.3. The molecule has 0 bridgehead atoms. The Kier molecular flexibility index (Phi) is 1.69. The van der Waals surface area contributed by atoms with Crippen LogP contribution in [0.5, 0.6) is 0 Å². The van der Waals surface area contributed by atoms with Crippen molar-refractivity contribution in [2.75, 3.05) is 0 Å². The van der Waals surface area contributed by atoms with Crippen LogP contribution < -0.4 is 9.88 Å². The van der Waals surface area contributed by atoms with Gasteiger partial charge in [-0.3, -0.25) is 0 Å². The standard InChI is InChI=1S/C9H7NS/c1-2-4-6-9-8(5-3-1)10-7-11-9/h1-7H/b2-1?,3-1-,4-2+,5-3?,6-4?,8-5+,9-6-. The van der Waals surface area contributed by atoms with Crippen molar-refractivity contribution in [3.8, 4) is 0 Å². The van der Waals surface area contributed by atoms with Gasteiger partial charge in [0.1, 0.15) is 0 Å². The molecule has 0 spiro atoms. The molecule has 1 aliphatic rings. The van der Waals surface area contributed by atoms with E-state index in [1.165, 1.54) is 4.53 Å². The molecule has 2 rings (SSSR count). The van der Waals surface area contributed by atoms with Crippen LogP contribution in [-0.4, -0.2) is 4.98 Å². The molecule has 11 heavy (non-hydrogen) atoms. The van der Waals surface area contributed by atoms with E-state index >= 15 is 0 Å². The normalized spacial score (nSPS) is 26.2. The Morgan fingerprint density at radius 2 is 1.82 bits per heavy atom. The largest absolute Gasteiger partial charge is 0.245 e. The van der Waals surface area contributed by atoms with Gasteiger partial charge in [0, 0.05) is 0 Å². The molecule has 54 valence electrons. The summed E-state index contributed by atoms with van der Waals surface area (Å²) in [6, 6.07) is 0. The molecule has 0 unspecified atom stereocenters. The quantitative estimate of drug-likeness (QED) is 0.549. The molecule has 1 heterocycles. The monoisotopic (exact) mass is 161 g/mol. The number of hydrogen-bond acceptors (Lipinski definition) is 2. The van der Waals surface area contributed by atoms with Crippen LogP contribution in [0.1, 0.15) is 0 Å². The zero-order valence-electron chi connectivity index (χ0n) is 5.90. The van der Waals surface area contributed by atoms with Gasteiger partial charge in [-0.15, -0.1) is 11.3 Å². The average Bonchev–Trinajstić information content (AvgIpc) is 2.35. The van der Waals surface area contributed by atoms with E-state index < -0.39 is 0 Å². The van der Waals surface area contributed by atoms with Crippen LogP contribution in [0.4, 0.5) is 0 Å². The van der Waals surface area contributed by atoms with E-state index in [1.807, 2.05) is 35.9 Å². The van der Waals surface area contributed by atoms with E-state index in [0.29, 0.717) is 0 Å². The van der Waals surface area contributed by atoms with Crippen LogP contribution in [0.15, 0.2) is 29.8 Å². The summed E-state index contributed by atoms with van der Waals surface area (Å²) >= 11 is 1.66. The fraction of sp³-hybridized carbons (Fsp3) is 0. The molecule has 0 aromatic carbocycles. The number of rotatable bonds is 0. The van der Waals surface area contributed by atoms with Crippen molar-refractivity contribution in [2.24, 2.45) is 0 Å². The minimum atomic E-state index is 1.07. The highest BCUT2D eigenvalue weighted by Gasteiger charge is 1.85. The lowest BCUT2D eigenvalue weighted by Crippen LogP contribution is -2.19. The summed E-state index contributed by atoms with van der Waals surface area (Å²) in [5.74, 6) is 0. The Hall–Kier alpha value is -1.15. The molecule has 2 heteroatoms. The maximum absolute atomic E-state index is 4.20. The van der Waals surface area contributed by atoms with Crippen molar-refractivity contribution in [3.63, 3.8) is 0 Å². The molecular weight excluding hydrogens is 154 g/mol. The molecule has 1 aromatic rings. The van der Waals surface area contributed by atoms with Gasteiger partial charge in [0.05, 0.1) is 15.4 Å². The third-order valence-corrected chi connectivity index (χ3v) is 2.27. The summed E-state index contributed by atoms with van der Waals surface area (Å²) in [7, 11) is 0. The van der Waals surface area contributed by atoms with Crippen molar-refractivity contribution in [1.29, 1.82) is 0 Å². The highest BCUT2D eigenvalue weighted by atomic mass is 32.1. The van der Waals surface area contributed by atoms with Crippen LogP contribution >= 0.6 is 11.3 Å². The fourth-order valence-electron chi connectivity index (χ4n) is 0.932. The van der Waals surface area contributed by atoms with Crippen LogP contribution in [0.2, 0.25) is 0 Å². The fourth-order valence-corrected chi connectivity index (χ4v) is 1.61. The molecule has 1 aliphatic carbocycles. The number of allylic oxidation sites excluding steroid dienone is 4. The van der Waals surface area contributed by atoms with E-state index in [1.54, 1.807) is 11.3 Å². The second kappa shape index (κ2) is 2.84. The molecule has 0 atom stereocenters. The van der Waals surface area contributed by atoms with Crippen LogP contribution in [-0.2, 0) is 0 Å². The summed E-state index contributed by atoms with van der Waals surface area (Å²) in [4.78, 5) is 4.20. The van der Waals surface area contributed by atoms with Gasteiger partial charge in [0.25, 0.3) is 0 Å². The van der Waals surface area contributed by atoms with Crippen LogP contribution in [0.3, 0.4) is 0 Å². The van der Waals surface area contributed by atoms with Gasteiger partial charge >= 0.3 is 0 Å². The van der Waals surface area contributed by atoms with Gasteiger partial charge in [-0.1, -0.05) is 24.3 Å². The summed E-state index contributed by atoms with van der Waals surface area (Å²) in [5.41, 5.74) is 1.87. The lowest BCUT2D eigenvalue weighted by Gasteiger charge is -1.79. The van der Waals surface area contributed by atoms with E-state index in [0.717, 1.165) is 5.35 Å². The predicted octanol–water partition coefficient (Wildman–Crippen LogP) is 0.830. The first-order chi connectivity index (χ1) is 5.47. The second-order valence-corrected chi connectivity index (χ2v) is 3.09. The van der Waals surface area contributed by atoms with Gasteiger partial charge in [0.15, 0.2) is 0 Å². The van der Waals surface area contributed by atoms with Gasteiger partial charge in [0.2, 0.25) is 0 Å². The maximum Gasteiger partial charge on any atom is 0.0812 e. The van der Waals surface area contributed by atoms with E-state index in [-0.39, 0.29) is 0 Å². The first-order valence-electron chi connectivity index (χ1n) is 3.42. The van der Waals surface area contributed by atoms with Crippen molar-refractivity contribution in [3.05, 3.63) is 39.7 Å². The average molecular weight is 161 g/mol. The Balaban J connectivity index is 2.80. The third-order valence-electron chi connectivity index (χ3n) is 1.46. The van der Waals surface area contributed by atoms with Crippen molar-refractivity contribution < 1.29 is 0 Å². The van der Waals surface area contributed by atoms with Gasteiger partial charge < -0.3 is 0 Å². The number of nitrogens with zero attached hydrogens (tertiary/aromatic N) is 1.